The van der Waals surface area contributed by atoms with E-state index in [1.54, 1.807) is 13.2 Å². The molecule has 106 valence electrons. The van der Waals surface area contributed by atoms with Crippen LogP contribution in [0.5, 0.6) is 11.5 Å². The van der Waals surface area contributed by atoms with Gasteiger partial charge in [0.25, 0.3) is 0 Å². The first-order valence-corrected chi connectivity index (χ1v) is 7.10. The van der Waals surface area contributed by atoms with Crippen molar-refractivity contribution in [3.05, 3.63) is 35.4 Å². The molecular formula is C16H20NO3+. The van der Waals surface area contributed by atoms with Gasteiger partial charge in [-0.1, -0.05) is 6.08 Å². The van der Waals surface area contributed by atoms with E-state index in [0.29, 0.717) is 18.2 Å². The first-order valence-electron chi connectivity index (χ1n) is 7.10. The molecular weight excluding hydrogens is 254 g/mol. The highest BCUT2D eigenvalue weighted by atomic mass is 16.5. The van der Waals surface area contributed by atoms with Crippen LogP contribution in [0.2, 0.25) is 0 Å². The molecule has 2 aliphatic rings. The van der Waals surface area contributed by atoms with Gasteiger partial charge < -0.3 is 14.7 Å². The number of allylic oxidation sites excluding steroid dienone is 1. The molecule has 2 N–H and O–H groups in total. The number of methoxy groups -OCH3 is 1. The van der Waals surface area contributed by atoms with Crippen LogP contribution in [0.4, 0.5) is 0 Å². The van der Waals surface area contributed by atoms with Crippen LogP contribution >= 0.6 is 0 Å². The average molecular weight is 274 g/mol. The molecule has 0 aromatic heterocycles. The van der Waals surface area contributed by atoms with Crippen molar-refractivity contribution in [3.8, 4) is 11.5 Å². The minimum Gasteiger partial charge on any atom is -0.504 e. The third-order valence-corrected chi connectivity index (χ3v) is 4.38. The Morgan fingerprint density at radius 2 is 2.20 bits per heavy atom. The Hall–Kier alpha value is -1.81. The molecule has 4 nitrogen and oxygen atoms in total. The van der Waals surface area contributed by atoms with E-state index in [4.69, 9.17) is 4.74 Å². The lowest BCUT2D eigenvalue weighted by Gasteiger charge is -2.33. The van der Waals surface area contributed by atoms with E-state index in [-0.39, 0.29) is 11.5 Å². The van der Waals surface area contributed by atoms with E-state index in [1.807, 2.05) is 18.2 Å². The number of phenolic OH excluding ortho intramolecular Hbond substituents is 1. The van der Waals surface area contributed by atoms with E-state index >= 15 is 0 Å². The molecule has 1 aromatic carbocycles. The zero-order valence-electron chi connectivity index (χ0n) is 11.7. The highest BCUT2D eigenvalue weighted by Gasteiger charge is 2.30. The van der Waals surface area contributed by atoms with E-state index in [0.717, 1.165) is 25.9 Å². The Morgan fingerprint density at radius 1 is 1.35 bits per heavy atom. The summed E-state index contributed by atoms with van der Waals surface area (Å²) < 4.78 is 5.16. The number of quaternary nitrogens is 1. The molecule has 3 rings (SSSR count). The van der Waals surface area contributed by atoms with Gasteiger partial charge in [0.15, 0.2) is 17.3 Å². The second kappa shape index (κ2) is 5.29. The summed E-state index contributed by atoms with van der Waals surface area (Å²) in [5.74, 6) is 0.979. The molecule has 1 aliphatic heterocycles. The summed E-state index contributed by atoms with van der Waals surface area (Å²) in [6.45, 7) is 1.91. The highest BCUT2D eigenvalue weighted by molar-refractivity contribution is 5.90. The quantitative estimate of drug-likeness (QED) is 0.831. The zero-order chi connectivity index (χ0) is 14.1. The smallest absolute Gasteiger partial charge is 0.161 e. The molecule has 1 unspecified atom stereocenters. The number of hydrogen-bond acceptors (Lipinski definition) is 3. The molecule has 1 aromatic rings. The van der Waals surface area contributed by atoms with Crippen LogP contribution in [-0.4, -0.2) is 30.6 Å². The number of aromatic hydroxyl groups is 1. The first kappa shape index (κ1) is 13.2. The summed E-state index contributed by atoms with van der Waals surface area (Å²) in [6.07, 6.45) is 6.27. The van der Waals surface area contributed by atoms with Gasteiger partial charge in [0.2, 0.25) is 0 Å². The van der Waals surface area contributed by atoms with Gasteiger partial charge in [0.1, 0.15) is 6.54 Å². The minimum atomic E-state index is 0.201. The van der Waals surface area contributed by atoms with Crippen LogP contribution in [0, 0.1) is 0 Å². The SMILES string of the molecule is COc1cc2c(cc1O)C[NH+]([C@H]1CC=CC(=O)C1)CC2. The summed E-state index contributed by atoms with van der Waals surface area (Å²) in [7, 11) is 1.57. The van der Waals surface area contributed by atoms with Crippen molar-refractivity contribution in [3.63, 3.8) is 0 Å². The zero-order valence-corrected chi connectivity index (χ0v) is 11.7. The van der Waals surface area contributed by atoms with E-state index in [9.17, 15) is 9.90 Å². The van der Waals surface area contributed by atoms with Crippen LogP contribution in [0.1, 0.15) is 24.0 Å². The molecule has 0 spiro atoms. The number of hydrogen-bond donors (Lipinski definition) is 2. The van der Waals surface area contributed by atoms with Crippen LogP contribution < -0.4 is 9.64 Å². The lowest BCUT2D eigenvalue weighted by Crippen LogP contribution is -3.15. The molecule has 1 aliphatic carbocycles. The molecule has 4 heteroatoms. The molecule has 1 heterocycles. The van der Waals surface area contributed by atoms with Gasteiger partial charge in [-0.05, 0) is 23.8 Å². The Labute approximate surface area is 118 Å². The molecule has 20 heavy (non-hydrogen) atoms. The fourth-order valence-corrected chi connectivity index (χ4v) is 3.26. The van der Waals surface area contributed by atoms with Gasteiger partial charge in [-0.3, -0.25) is 4.79 Å². The maximum atomic E-state index is 11.5. The van der Waals surface area contributed by atoms with Crippen LogP contribution in [0.15, 0.2) is 24.3 Å². The second-order valence-corrected chi connectivity index (χ2v) is 5.63. The standard InChI is InChI=1S/C16H19NO3/c1-20-16-8-11-5-6-17(10-12(11)7-15(16)19)13-3-2-4-14(18)9-13/h2,4,7-8,13,19H,3,5-6,9-10H2,1H3/p+1/t13-/m0/s1. The van der Waals surface area contributed by atoms with Crippen molar-refractivity contribution >= 4 is 5.78 Å². The number of nitrogens with one attached hydrogen (secondary N) is 1. The number of benzene rings is 1. The fraction of sp³-hybridized carbons (Fsp3) is 0.438. The van der Waals surface area contributed by atoms with Crippen molar-refractivity contribution < 1.29 is 19.5 Å². The number of rotatable bonds is 2. The summed E-state index contributed by atoms with van der Waals surface area (Å²) in [6, 6.07) is 4.13. The number of carbonyl (C=O) groups excluding carboxylic acids is 1. The predicted molar refractivity (Wildman–Crippen MR) is 75.1 cm³/mol. The number of ketones is 1. The summed E-state index contributed by atoms with van der Waals surface area (Å²) in [4.78, 5) is 13.0. The van der Waals surface area contributed by atoms with Gasteiger partial charge in [-0.25, -0.2) is 0 Å². The summed E-state index contributed by atoms with van der Waals surface area (Å²) >= 11 is 0. The molecule has 2 atom stereocenters. The van der Waals surface area contributed by atoms with Crippen LogP contribution in [-0.2, 0) is 17.8 Å². The fourth-order valence-electron chi connectivity index (χ4n) is 3.26. The Bertz CT molecular complexity index is 565. The number of carbonyl (C=O) groups is 1. The van der Waals surface area contributed by atoms with Crippen LogP contribution in [0.3, 0.4) is 0 Å². The van der Waals surface area contributed by atoms with E-state index in [1.165, 1.54) is 16.0 Å². The summed E-state index contributed by atoms with van der Waals surface area (Å²) in [5, 5.41) is 9.91. The molecule has 0 fully saturated rings. The lowest BCUT2D eigenvalue weighted by atomic mass is 9.93. The number of fused-ring (bicyclic) bond motifs is 1. The molecule has 0 bridgehead atoms. The third kappa shape index (κ3) is 2.43. The van der Waals surface area contributed by atoms with Crippen molar-refractivity contribution in [2.24, 2.45) is 0 Å². The molecule has 0 saturated heterocycles. The van der Waals surface area contributed by atoms with Crippen molar-refractivity contribution in [2.45, 2.75) is 31.8 Å². The maximum Gasteiger partial charge on any atom is 0.161 e. The van der Waals surface area contributed by atoms with Crippen molar-refractivity contribution in [2.75, 3.05) is 13.7 Å². The van der Waals surface area contributed by atoms with Gasteiger partial charge in [0.05, 0.1) is 26.1 Å². The average Bonchev–Trinajstić information content (AvgIpc) is 2.46. The number of phenols is 1. The Morgan fingerprint density at radius 3 is 2.95 bits per heavy atom. The monoisotopic (exact) mass is 274 g/mol. The molecule has 0 saturated carbocycles. The third-order valence-electron chi connectivity index (χ3n) is 4.38. The highest BCUT2D eigenvalue weighted by Crippen LogP contribution is 2.30. The lowest BCUT2D eigenvalue weighted by molar-refractivity contribution is -0.940. The van der Waals surface area contributed by atoms with E-state index in [2.05, 4.69) is 0 Å². The van der Waals surface area contributed by atoms with Crippen molar-refractivity contribution in [1.82, 2.24) is 0 Å². The van der Waals surface area contributed by atoms with Gasteiger partial charge in [0, 0.05) is 18.4 Å². The maximum absolute atomic E-state index is 11.5. The van der Waals surface area contributed by atoms with E-state index < -0.39 is 0 Å². The van der Waals surface area contributed by atoms with Gasteiger partial charge >= 0.3 is 0 Å². The largest absolute Gasteiger partial charge is 0.504 e. The van der Waals surface area contributed by atoms with Gasteiger partial charge in [-0.2, -0.15) is 0 Å². The van der Waals surface area contributed by atoms with Crippen LogP contribution in [0.25, 0.3) is 0 Å². The Kier molecular flexibility index (Phi) is 3.49. The van der Waals surface area contributed by atoms with Gasteiger partial charge in [-0.15, -0.1) is 0 Å². The molecule has 0 amide bonds. The number of ether oxygens (including phenoxy) is 1. The molecule has 0 radical (unpaired) electrons. The minimum absolute atomic E-state index is 0.201. The summed E-state index contributed by atoms with van der Waals surface area (Å²) in [5.41, 5.74) is 2.42. The first-order chi connectivity index (χ1) is 9.67. The predicted octanol–water partition coefficient (Wildman–Crippen LogP) is 0.629. The Balaban J connectivity index is 1.80. The normalized spacial score (nSPS) is 25.4. The second-order valence-electron chi connectivity index (χ2n) is 5.63. The topological polar surface area (TPSA) is 51.0 Å². The van der Waals surface area contributed by atoms with Crippen molar-refractivity contribution in [1.29, 1.82) is 0 Å².